The summed E-state index contributed by atoms with van der Waals surface area (Å²) in [6, 6.07) is 9.27. The number of aliphatic hydroxyl groups is 1. The lowest BCUT2D eigenvalue weighted by Gasteiger charge is -2.13. The van der Waals surface area contributed by atoms with E-state index in [4.69, 9.17) is 11.6 Å². The molecule has 1 atom stereocenters. The van der Waals surface area contributed by atoms with E-state index in [1.54, 1.807) is 24.3 Å². The van der Waals surface area contributed by atoms with Gasteiger partial charge in [-0.2, -0.15) is 0 Å². The molecule has 2 aromatic rings. The highest BCUT2D eigenvalue weighted by Gasteiger charge is 2.14. The van der Waals surface area contributed by atoms with E-state index in [0.717, 1.165) is 0 Å². The van der Waals surface area contributed by atoms with Crippen molar-refractivity contribution in [2.45, 2.75) is 18.9 Å². The van der Waals surface area contributed by atoms with Crippen molar-refractivity contribution in [1.29, 1.82) is 0 Å². The van der Waals surface area contributed by atoms with E-state index < -0.39 is 11.9 Å². The molecule has 0 aliphatic carbocycles. The largest absolute Gasteiger partial charge is 0.392 e. The van der Waals surface area contributed by atoms with Crippen LogP contribution in [0.5, 0.6) is 0 Å². The van der Waals surface area contributed by atoms with E-state index in [-0.39, 0.29) is 23.7 Å². The maximum atomic E-state index is 13.7. The summed E-state index contributed by atoms with van der Waals surface area (Å²) in [5.74, 6) is -0.907. The van der Waals surface area contributed by atoms with E-state index >= 15 is 0 Å². The Kier molecular flexibility index (Phi) is 5.13. The minimum Gasteiger partial charge on any atom is -0.392 e. The fourth-order valence-corrected chi connectivity index (χ4v) is 2.61. The van der Waals surface area contributed by atoms with Crippen LogP contribution >= 0.6 is 27.5 Å². The smallest absolute Gasteiger partial charge is 0.145 e. The number of rotatable bonds is 4. The van der Waals surface area contributed by atoms with Crippen LogP contribution in [0.3, 0.4) is 0 Å². The second kappa shape index (κ2) is 6.66. The van der Waals surface area contributed by atoms with Crippen molar-refractivity contribution in [3.8, 4) is 0 Å². The molecule has 5 heteroatoms. The number of hydrogen-bond acceptors (Lipinski definition) is 1. The standard InChI is InChI=1S/C15H12BrClF2O/c16-14-9(3-2-6-13(14)18)7-11(20)8-10-4-1-5-12(17)15(10)19/h1-6,11,20H,7-8H2. The molecule has 2 aromatic carbocycles. The molecule has 0 bridgehead atoms. The van der Waals surface area contributed by atoms with Crippen molar-refractivity contribution >= 4 is 27.5 Å². The lowest BCUT2D eigenvalue weighted by molar-refractivity contribution is 0.174. The highest BCUT2D eigenvalue weighted by molar-refractivity contribution is 9.10. The second-order valence-electron chi connectivity index (χ2n) is 4.49. The highest BCUT2D eigenvalue weighted by atomic mass is 79.9. The van der Waals surface area contributed by atoms with Crippen molar-refractivity contribution in [1.82, 2.24) is 0 Å². The third kappa shape index (κ3) is 3.57. The van der Waals surface area contributed by atoms with Gasteiger partial charge in [0.2, 0.25) is 0 Å². The Labute approximate surface area is 129 Å². The second-order valence-corrected chi connectivity index (χ2v) is 5.69. The summed E-state index contributed by atoms with van der Waals surface area (Å²) in [6.07, 6.45) is -0.472. The Morgan fingerprint density at radius 2 is 1.65 bits per heavy atom. The molecule has 0 aliphatic heterocycles. The van der Waals surface area contributed by atoms with Crippen molar-refractivity contribution in [2.24, 2.45) is 0 Å². The average Bonchev–Trinajstić information content (AvgIpc) is 2.40. The van der Waals surface area contributed by atoms with Gasteiger partial charge in [-0.05, 0) is 45.6 Å². The van der Waals surface area contributed by atoms with Crippen LogP contribution in [0.2, 0.25) is 5.02 Å². The van der Waals surface area contributed by atoms with Crippen LogP contribution in [-0.4, -0.2) is 11.2 Å². The first-order valence-corrected chi connectivity index (χ1v) is 7.20. The van der Waals surface area contributed by atoms with E-state index in [1.807, 2.05) is 0 Å². The molecular weight excluding hydrogens is 350 g/mol. The van der Waals surface area contributed by atoms with Crippen LogP contribution in [0.1, 0.15) is 11.1 Å². The molecule has 1 N–H and O–H groups in total. The van der Waals surface area contributed by atoms with Gasteiger partial charge >= 0.3 is 0 Å². The quantitative estimate of drug-likeness (QED) is 0.848. The molecule has 0 saturated heterocycles. The van der Waals surface area contributed by atoms with Gasteiger partial charge < -0.3 is 5.11 Å². The topological polar surface area (TPSA) is 20.2 Å². The molecule has 2 rings (SSSR count). The van der Waals surface area contributed by atoms with E-state index in [9.17, 15) is 13.9 Å². The molecule has 0 fully saturated rings. The van der Waals surface area contributed by atoms with Crippen LogP contribution < -0.4 is 0 Å². The summed E-state index contributed by atoms with van der Waals surface area (Å²) in [5.41, 5.74) is 0.984. The van der Waals surface area contributed by atoms with Gasteiger partial charge in [-0.3, -0.25) is 0 Å². The number of benzene rings is 2. The molecule has 1 unspecified atom stereocenters. The molecule has 0 saturated carbocycles. The summed E-state index contributed by atoms with van der Waals surface area (Å²) >= 11 is 8.83. The zero-order valence-corrected chi connectivity index (χ0v) is 12.8. The zero-order valence-electron chi connectivity index (χ0n) is 10.4. The predicted molar refractivity (Wildman–Crippen MR) is 78.9 cm³/mol. The van der Waals surface area contributed by atoms with Crippen molar-refractivity contribution in [3.05, 3.63) is 68.7 Å². The zero-order chi connectivity index (χ0) is 14.7. The lowest BCUT2D eigenvalue weighted by atomic mass is 10.0. The summed E-state index contributed by atoms with van der Waals surface area (Å²) in [5, 5.41) is 10.1. The summed E-state index contributed by atoms with van der Waals surface area (Å²) in [6.45, 7) is 0. The molecule has 0 radical (unpaired) electrons. The molecule has 20 heavy (non-hydrogen) atoms. The van der Waals surface area contributed by atoms with Gasteiger partial charge in [-0.15, -0.1) is 0 Å². The van der Waals surface area contributed by atoms with Crippen LogP contribution in [0.4, 0.5) is 8.78 Å². The SMILES string of the molecule is OC(Cc1cccc(Cl)c1F)Cc1cccc(F)c1Br. The predicted octanol–water partition coefficient (Wildman–Crippen LogP) is 4.53. The van der Waals surface area contributed by atoms with Crippen molar-refractivity contribution in [2.75, 3.05) is 0 Å². The van der Waals surface area contributed by atoms with E-state index in [2.05, 4.69) is 15.9 Å². The molecule has 1 nitrogen and oxygen atoms in total. The first-order valence-electron chi connectivity index (χ1n) is 6.03. The van der Waals surface area contributed by atoms with Gasteiger partial charge in [0, 0.05) is 6.42 Å². The van der Waals surface area contributed by atoms with Crippen LogP contribution in [0.25, 0.3) is 0 Å². The Hall–Kier alpha value is -0.970. The van der Waals surface area contributed by atoms with Crippen LogP contribution in [0, 0.1) is 11.6 Å². The van der Waals surface area contributed by atoms with Gasteiger partial charge in [0.15, 0.2) is 0 Å². The van der Waals surface area contributed by atoms with Gasteiger partial charge in [-0.1, -0.05) is 35.9 Å². The first kappa shape index (κ1) is 15.4. The fourth-order valence-electron chi connectivity index (χ4n) is 1.99. The van der Waals surface area contributed by atoms with Gasteiger partial charge in [0.05, 0.1) is 15.6 Å². The lowest BCUT2D eigenvalue weighted by Crippen LogP contribution is -2.15. The van der Waals surface area contributed by atoms with Crippen molar-refractivity contribution < 1.29 is 13.9 Å². The highest BCUT2D eigenvalue weighted by Crippen LogP contribution is 2.24. The maximum Gasteiger partial charge on any atom is 0.145 e. The molecular formula is C15H12BrClF2O. The fraction of sp³-hybridized carbons (Fsp3) is 0.200. The van der Waals surface area contributed by atoms with Crippen LogP contribution in [-0.2, 0) is 12.8 Å². The summed E-state index contributed by atoms with van der Waals surface area (Å²) in [7, 11) is 0. The van der Waals surface area contributed by atoms with E-state index in [0.29, 0.717) is 15.6 Å². The average molecular weight is 362 g/mol. The Morgan fingerprint density at radius 3 is 2.40 bits per heavy atom. The van der Waals surface area contributed by atoms with Crippen molar-refractivity contribution in [3.63, 3.8) is 0 Å². The minimum absolute atomic E-state index is 0.0293. The molecule has 0 aromatic heterocycles. The normalized spacial score (nSPS) is 12.4. The van der Waals surface area contributed by atoms with Gasteiger partial charge in [-0.25, -0.2) is 8.78 Å². The molecule has 0 heterocycles. The van der Waals surface area contributed by atoms with E-state index in [1.165, 1.54) is 12.1 Å². The molecule has 0 aliphatic rings. The third-order valence-corrected chi connectivity index (χ3v) is 4.15. The maximum absolute atomic E-state index is 13.7. The summed E-state index contributed by atoms with van der Waals surface area (Å²) < 4.78 is 27.4. The first-order chi connectivity index (χ1) is 9.49. The van der Waals surface area contributed by atoms with Crippen LogP contribution in [0.15, 0.2) is 40.9 Å². The Morgan fingerprint density at radius 1 is 1.05 bits per heavy atom. The Bertz CT molecular complexity index is 565. The number of hydrogen-bond donors (Lipinski definition) is 1. The minimum atomic E-state index is -0.818. The molecule has 0 spiro atoms. The van der Waals surface area contributed by atoms with Gasteiger partial charge in [0.1, 0.15) is 11.6 Å². The number of halogens is 4. The van der Waals surface area contributed by atoms with Gasteiger partial charge in [0.25, 0.3) is 0 Å². The monoisotopic (exact) mass is 360 g/mol. The third-order valence-electron chi connectivity index (χ3n) is 2.97. The summed E-state index contributed by atoms with van der Waals surface area (Å²) in [4.78, 5) is 0. The molecule has 106 valence electrons. The number of aliphatic hydroxyl groups excluding tert-OH is 1. The molecule has 0 amide bonds. The Balaban J connectivity index is 2.11.